The lowest BCUT2D eigenvalue weighted by atomic mass is 10.1. The molecule has 3 rings (SSSR count). The summed E-state index contributed by atoms with van der Waals surface area (Å²) in [5.74, 6) is -2.34. The number of anilines is 2. The zero-order valence-corrected chi connectivity index (χ0v) is 8.75. The molecule has 0 spiro atoms. The number of nitrogens with zero attached hydrogens (tertiary/aromatic N) is 3. The van der Waals surface area contributed by atoms with Gasteiger partial charge in [0.25, 0.3) is 11.8 Å². The topological polar surface area (TPSA) is 102 Å². The maximum atomic E-state index is 13.1. The molecule has 2 aromatic rings. The van der Waals surface area contributed by atoms with Gasteiger partial charge in [-0.3, -0.25) is 9.59 Å². The number of hydrogen-bond acceptors (Lipinski definition) is 6. The van der Waals surface area contributed by atoms with Crippen molar-refractivity contribution < 1.29 is 18.6 Å². The maximum absolute atomic E-state index is 13.1. The molecule has 0 saturated heterocycles. The molecule has 0 saturated carbocycles. The number of aromatic nitrogens is 2. The highest BCUT2D eigenvalue weighted by Gasteiger charge is 2.39. The van der Waals surface area contributed by atoms with Gasteiger partial charge < -0.3 is 5.73 Å². The monoisotopic (exact) mass is 248 g/mol. The van der Waals surface area contributed by atoms with E-state index in [2.05, 4.69) is 14.9 Å². The minimum Gasteiger partial charge on any atom is -0.378 e. The molecule has 0 bridgehead atoms. The quantitative estimate of drug-likeness (QED) is 0.741. The third kappa shape index (κ3) is 1.22. The van der Waals surface area contributed by atoms with Crippen molar-refractivity contribution in [1.82, 2.24) is 10.3 Å². The Morgan fingerprint density at radius 3 is 2.56 bits per heavy atom. The minimum atomic E-state index is -0.711. The van der Waals surface area contributed by atoms with E-state index in [0.717, 1.165) is 12.1 Å². The number of fused-ring (bicyclic) bond motifs is 1. The van der Waals surface area contributed by atoms with Gasteiger partial charge in [0.05, 0.1) is 11.1 Å². The molecule has 1 aliphatic heterocycles. The van der Waals surface area contributed by atoms with Gasteiger partial charge in [-0.1, -0.05) is 0 Å². The molecule has 1 aromatic carbocycles. The molecule has 8 heteroatoms. The lowest BCUT2D eigenvalue weighted by Gasteiger charge is -2.08. The van der Waals surface area contributed by atoms with E-state index in [4.69, 9.17) is 5.73 Å². The first-order chi connectivity index (χ1) is 8.59. The largest absolute Gasteiger partial charge is 0.378 e. The summed E-state index contributed by atoms with van der Waals surface area (Å²) < 4.78 is 17.4. The molecule has 0 atom stereocenters. The highest BCUT2D eigenvalue weighted by molar-refractivity contribution is 6.34. The molecule has 18 heavy (non-hydrogen) atoms. The first-order valence-electron chi connectivity index (χ1n) is 4.86. The lowest BCUT2D eigenvalue weighted by Crippen LogP contribution is -2.30. The van der Waals surface area contributed by atoms with Gasteiger partial charge in [0.2, 0.25) is 11.6 Å². The van der Waals surface area contributed by atoms with E-state index in [1.54, 1.807) is 0 Å². The number of halogens is 1. The summed E-state index contributed by atoms with van der Waals surface area (Å²) in [6.07, 6.45) is 0. The smallest absolute Gasteiger partial charge is 0.267 e. The van der Waals surface area contributed by atoms with Crippen molar-refractivity contribution in [3.63, 3.8) is 0 Å². The van der Waals surface area contributed by atoms with Crippen LogP contribution in [0.15, 0.2) is 22.8 Å². The van der Waals surface area contributed by atoms with Crippen LogP contribution in [0.25, 0.3) is 0 Å². The number of amides is 2. The second kappa shape index (κ2) is 3.36. The van der Waals surface area contributed by atoms with Crippen molar-refractivity contribution in [3.05, 3.63) is 35.1 Å². The first-order valence-corrected chi connectivity index (χ1v) is 4.86. The predicted molar refractivity (Wildman–Crippen MR) is 56.3 cm³/mol. The van der Waals surface area contributed by atoms with Gasteiger partial charge in [-0.2, -0.15) is 0 Å². The Morgan fingerprint density at radius 1 is 1.17 bits per heavy atom. The molecule has 1 aromatic heterocycles. The van der Waals surface area contributed by atoms with Crippen molar-refractivity contribution in [2.24, 2.45) is 0 Å². The summed E-state index contributed by atoms with van der Waals surface area (Å²) in [4.78, 5) is 24.7. The molecule has 0 radical (unpaired) electrons. The second-order valence-electron chi connectivity index (χ2n) is 3.61. The average molecular weight is 248 g/mol. The van der Waals surface area contributed by atoms with Crippen molar-refractivity contribution >= 4 is 23.5 Å². The van der Waals surface area contributed by atoms with Gasteiger partial charge in [0, 0.05) is 0 Å². The number of imide groups is 1. The molecule has 2 amide bonds. The van der Waals surface area contributed by atoms with Crippen molar-refractivity contribution in [2.75, 3.05) is 10.6 Å². The van der Waals surface area contributed by atoms with Gasteiger partial charge in [0.15, 0.2) is 0 Å². The van der Waals surface area contributed by atoms with E-state index < -0.39 is 17.6 Å². The molecule has 1 aliphatic rings. The highest BCUT2D eigenvalue weighted by Crippen LogP contribution is 2.29. The predicted octanol–water partition coefficient (Wildman–Crippen LogP) is 0.591. The minimum absolute atomic E-state index is 0.0394. The van der Waals surface area contributed by atoms with Crippen molar-refractivity contribution in [1.29, 1.82) is 0 Å². The van der Waals surface area contributed by atoms with Crippen LogP contribution in [0.2, 0.25) is 0 Å². The molecule has 7 nitrogen and oxygen atoms in total. The summed E-state index contributed by atoms with van der Waals surface area (Å²) in [5.41, 5.74) is 5.47. The van der Waals surface area contributed by atoms with Gasteiger partial charge in [-0.05, 0) is 28.5 Å². The van der Waals surface area contributed by atoms with Crippen LogP contribution in [0.3, 0.4) is 0 Å². The molecular formula is C10H5FN4O3. The SMILES string of the molecule is Nc1nonc1N1C(=O)c2ccc(F)cc2C1=O. The highest BCUT2D eigenvalue weighted by atomic mass is 19.1. The number of carbonyl (C=O) groups excluding carboxylic acids is 2. The number of nitrogens with two attached hydrogens (primary N) is 1. The van der Waals surface area contributed by atoms with E-state index in [-0.39, 0.29) is 22.8 Å². The van der Waals surface area contributed by atoms with Crippen LogP contribution in [0.5, 0.6) is 0 Å². The van der Waals surface area contributed by atoms with Gasteiger partial charge in [0.1, 0.15) is 5.82 Å². The van der Waals surface area contributed by atoms with E-state index >= 15 is 0 Å². The fourth-order valence-electron chi connectivity index (χ4n) is 1.75. The Bertz CT molecular complexity index is 682. The third-order valence-corrected chi connectivity index (χ3v) is 2.56. The van der Waals surface area contributed by atoms with E-state index in [9.17, 15) is 14.0 Å². The molecule has 2 heterocycles. The van der Waals surface area contributed by atoms with Gasteiger partial charge in [-0.25, -0.2) is 13.9 Å². The van der Waals surface area contributed by atoms with Gasteiger partial charge in [-0.15, -0.1) is 0 Å². The van der Waals surface area contributed by atoms with E-state index in [1.807, 2.05) is 0 Å². The normalized spacial score (nSPS) is 14.2. The number of rotatable bonds is 1. The number of hydrogen-bond donors (Lipinski definition) is 1. The Balaban J connectivity index is 2.16. The van der Waals surface area contributed by atoms with Crippen molar-refractivity contribution in [2.45, 2.75) is 0 Å². The fraction of sp³-hybridized carbons (Fsp3) is 0. The maximum Gasteiger partial charge on any atom is 0.267 e. The Morgan fingerprint density at radius 2 is 1.89 bits per heavy atom. The van der Waals surface area contributed by atoms with Crippen LogP contribution in [0.4, 0.5) is 16.0 Å². The van der Waals surface area contributed by atoms with Crippen LogP contribution in [0, 0.1) is 5.82 Å². The number of carbonyl (C=O) groups is 2. The molecule has 0 fully saturated rings. The van der Waals surface area contributed by atoms with E-state index in [0.29, 0.717) is 4.90 Å². The number of benzene rings is 1. The lowest BCUT2D eigenvalue weighted by molar-refractivity contribution is 0.0923. The zero-order valence-electron chi connectivity index (χ0n) is 8.75. The standard InChI is InChI=1S/C10H5FN4O3/c11-4-1-2-5-6(3-4)10(17)15(9(5)16)8-7(12)13-18-14-8/h1-3H,(H2,12,13). The second-order valence-corrected chi connectivity index (χ2v) is 3.61. The Kier molecular flexibility index (Phi) is 1.94. The zero-order chi connectivity index (χ0) is 12.9. The molecular weight excluding hydrogens is 243 g/mol. The van der Waals surface area contributed by atoms with Gasteiger partial charge >= 0.3 is 0 Å². The average Bonchev–Trinajstić information content (AvgIpc) is 2.84. The van der Waals surface area contributed by atoms with Crippen LogP contribution in [-0.2, 0) is 0 Å². The first kappa shape index (κ1) is 10.4. The van der Waals surface area contributed by atoms with Crippen molar-refractivity contribution in [3.8, 4) is 0 Å². The molecule has 90 valence electrons. The summed E-state index contributed by atoms with van der Waals surface area (Å²) in [5, 5.41) is 6.67. The fourth-order valence-corrected chi connectivity index (χ4v) is 1.75. The van der Waals surface area contributed by atoms with E-state index in [1.165, 1.54) is 6.07 Å². The Labute approximate surface area is 98.9 Å². The van der Waals surface area contributed by atoms with Crippen LogP contribution < -0.4 is 10.6 Å². The van der Waals surface area contributed by atoms with Crippen LogP contribution >= 0.6 is 0 Å². The summed E-state index contributed by atoms with van der Waals surface area (Å²) >= 11 is 0. The third-order valence-electron chi connectivity index (χ3n) is 2.56. The molecule has 2 N–H and O–H groups in total. The summed E-state index contributed by atoms with van der Waals surface area (Å²) in [6, 6.07) is 3.31. The summed E-state index contributed by atoms with van der Waals surface area (Å²) in [7, 11) is 0. The molecule has 0 unspecified atom stereocenters. The number of nitrogen functional groups attached to an aromatic ring is 1. The van der Waals surface area contributed by atoms with Crippen LogP contribution in [-0.4, -0.2) is 22.1 Å². The Hall–Kier alpha value is -2.77. The summed E-state index contributed by atoms with van der Waals surface area (Å²) in [6.45, 7) is 0. The van der Waals surface area contributed by atoms with Crippen LogP contribution in [0.1, 0.15) is 20.7 Å². The molecule has 0 aliphatic carbocycles.